The SMILES string of the molecule is COc1cc2c(cc1-c1cccnc1)-c1c(-c3cccs3)c3c(n1CC2)C(=O)N(C(C)C)CCNC3. The number of amides is 1. The van der Waals surface area contributed by atoms with E-state index in [-0.39, 0.29) is 11.9 Å². The third-order valence-corrected chi connectivity index (χ3v) is 8.19. The van der Waals surface area contributed by atoms with E-state index in [4.69, 9.17) is 4.74 Å². The van der Waals surface area contributed by atoms with E-state index in [0.29, 0.717) is 13.1 Å². The Hall–Kier alpha value is -3.42. The highest BCUT2D eigenvalue weighted by molar-refractivity contribution is 7.13. The fourth-order valence-corrected chi connectivity index (χ4v) is 6.42. The Morgan fingerprint density at radius 3 is 2.72 bits per heavy atom. The Balaban J connectivity index is 1.65. The number of hydrogen-bond acceptors (Lipinski definition) is 5. The van der Waals surface area contributed by atoms with Crippen LogP contribution in [0.5, 0.6) is 5.75 Å². The lowest BCUT2D eigenvalue weighted by Crippen LogP contribution is -2.44. The molecule has 2 aliphatic heterocycles. The highest BCUT2D eigenvalue weighted by atomic mass is 32.1. The number of fused-ring (bicyclic) bond motifs is 5. The van der Waals surface area contributed by atoms with Gasteiger partial charge in [0.15, 0.2) is 0 Å². The third kappa shape index (κ3) is 3.65. The molecule has 1 amide bonds. The molecule has 7 heteroatoms. The van der Waals surface area contributed by atoms with E-state index in [1.165, 1.54) is 21.6 Å². The minimum Gasteiger partial charge on any atom is -0.496 e. The Labute approximate surface area is 215 Å². The topological polar surface area (TPSA) is 59.4 Å². The molecule has 0 atom stereocenters. The molecular formula is C29H30N4O2S. The summed E-state index contributed by atoms with van der Waals surface area (Å²) in [5.41, 5.74) is 8.69. The number of benzene rings is 1. The Kier molecular flexibility index (Phi) is 5.90. The summed E-state index contributed by atoms with van der Waals surface area (Å²) in [5, 5.41) is 5.72. The number of pyridine rings is 1. The third-order valence-electron chi connectivity index (χ3n) is 7.31. The van der Waals surface area contributed by atoms with Crippen molar-refractivity contribution < 1.29 is 9.53 Å². The second-order valence-corrected chi connectivity index (χ2v) is 10.6. The molecule has 5 heterocycles. The molecule has 36 heavy (non-hydrogen) atoms. The molecule has 0 radical (unpaired) electrons. The molecule has 0 spiro atoms. The van der Waals surface area contributed by atoms with Gasteiger partial charge in [-0.25, -0.2) is 0 Å². The number of methoxy groups -OCH3 is 1. The molecule has 3 aromatic heterocycles. The second kappa shape index (κ2) is 9.22. The van der Waals surface area contributed by atoms with Crippen molar-refractivity contribution in [3.05, 3.63) is 71.0 Å². The second-order valence-electron chi connectivity index (χ2n) is 9.65. The van der Waals surface area contributed by atoms with Crippen molar-refractivity contribution in [3.8, 4) is 38.6 Å². The number of nitrogens with one attached hydrogen (secondary N) is 1. The zero-order valence-electron chi connectivity index (χ0n) is 20.9. The van der Waals surface area contributed by atoms with E-state index in [0.717, 1.165) is 53.3 Å². The van der Waals surface area contributed by atoms with Crippen LogP contribution in [0.4, 0.5) is 0 Å². The van der Waals surface area contributed by atoms with Gasteiger partial charge >= 0.3 is 0 Å². The summed E-state index contributed by atoms with van der Waals surface area (Å²) in [5.74, 6) is 0.983. The number of aryl methyl sites for hydroxylation is 1. The number of carbonyl (C=O) groups is 1. The lowest BCUT2D eigenvalue weighted by atomic mass is 9.91. The van der Waals surface area contributed by atoms with Gasteiger partial charge in [-0.15, -0.1) is 11.3 Å². The normalized spacial score (nSPS) is 15.2. The molecule has 184 valence electrons. The van der Waals surface area contributed by atoms with Gasteiger partial charge in [0.1, 0.15) is 11.4 Å². The Morgan fingerprint density at radius 1 is 1.11 bits per heavy atom. The van der Waals surface area contributed by atoms with Crippen LogP contribution in [-0.4, -0.2) is 46.6 Å². The van der Waals surface area contributed by atoms with E-state index in [1.807, 2.05) is 17.2 Å². The van der Waals surface area contributed by atoms with E-state index in [2.05, 4.69) is 64.4 Å². The first-order valence-electron chi connectivity index (χ1n) is 12.5. The fraction of sp³-hybridized carbons (Fsp3) is 0.310. The Morgan fingerprint density at radius 2 is 2.00 bits per heavy atom. The number of thiophene rings is 1. The van der Waals surface area contributed by atoms with Crippen LogP contribution >= 0.6 is 11.3 Å². The van der Waals surface area contributed by atoms with Gasteiger partial charge in [-0.2, -0.15) is 0 Å². The number of carbonyl (C=O) groups excluding carboxylic acids is 1. The molecule has 0 aliphatic carbocycles. The molecule has 0 saturated carbocycles. The van der Waals surface area contributed by atoms with Gasteiger partial charge in [-0.05, 0) is 55.5 Å². The molecular weight excluding hydrogens is 468 g/mol. The van der Waals surface area contributed by atoms with Crippen molar-refractivity contribution in [2.45, 2.75) is 39.4 Å². The maximum Gasteiger partial charge on any atom is 0.271 e. The number of nitrogens with zero attached hydrogens (tertiary/aromatic N) is 3. The number of hydrogen-bond donors (Lipinski definition) is 1. The van der Waals surface area contributed by atoms with Crippen molar-refractivity contribution in [2.24, 2.45) is 0 Å². The van der Waals surface area contributed by atoms with Gasteiger partial charge in [-0.3, -0.25) is 9.78 Å². The zero-order valence-corrected chi connectivity index (χ0v) is 21.7. The standard InChI is InChI=1S/C29H30N4O2S/c1-18(2)32-12-10-31-17-23-26(25-7-5-13-36-25)27-22-15-21(20-6-4-9-30-16-20)24(35-3)14-19(22)8-11-33(27)28(23)29(32)34/h4-7,9,13-16,18,31H,8,10-12,17H2,1-3H3. The minimum absolute atomic E-state index is 0.134. The Bertz CT molecular complexity index is 1420. The van der Waals surface area contributed by atoms with Gasteiger partial charge in [0, 0.05) is 77.3 Å². The summed E-state index contributed by atoms with van der Waals surface area (Å²) in [6.07, 6.45) is 4.51. The quantitative estimate of drug-likeness (QED) is 0.406. The van der Waals surface area contributed by atoms with E-state index < -0.39 is 0 Å². The summed E-state index contributed by atoms with van der Waals surface area (Å²) in [6, 6.07) is 12.8. The number of aromatic nitrogens is 2. The molecule has 4 aromatic rings. The predicted octanol–water partition coefficient (Wildman–Crippen LogP) is 5.46. The highest BCUT2D eigenvalue weighted by Gasteiger charge is 2.35. The van der Waals surface area contributed by atoms with E-state index >= 15 is 0 Å². The average molecular weight is 499 g/mol. The molecule has 1 aromatic carbocycles. The maximum absolute atomic E-state index is 14.0. The molecule has 6 nitrogen and oxygen atoms in total. The maximum atomic E-state index is 14.0. The molecule has 0 saturated heterocycles. The molecule has 1 N–H and O–H groups in total. The fourth-order valence-electron chi connectivity index (χ4n) is 5.62. The summed E-state index contributed by atoms with van der Waals surface area (Å²) in [7, 11) is 1.72. The predicted molar refractivity (Wildman–Crippen MR) is 145 cm³/mol. The molecule has 0 fully saturated rings. The summed E-state index contributed by atoms with van der Waals surface area (Å²) in [6.45, 7) is 7.14. The van der Waals surface area contributed by atoms with E-state index in [1.54, 1.807) is 24.6 Å². The first-order chi connectivity index (χ1) is 17.6. The first kappa shape index (κ1) is 23.0. The van der Waals surface area contributed by atoms with Gasteiger partial charge in [0.05, 0.1) is 12.8 Å². The van der Waals surface area contributed by atoms with Crippen LogP contribution in [0.2, 0.25) is 0 Å². The average Bonchev–Trinajstić information content (AvgIpc) is 3.52. The molecule has 0 bridgehead atoms. The largest absolute Gasteiger partial charge is 0.496 e. The number of ether oxygens (including phenoxy) is 1. The first-order valence-corrected chi connectivity index (χ1v) is 13.4. The van der Waals surface area contributed by atoms with Gasteiger partial charge in [-0.1, -0.05) is 12.1 Å². The monoisotopic (exact) mass is 498 g/mol. The zero-order chi connectivity index (χ0) is 24.8. The lowest BCUT2D eigenvalue weighted by molar-refractivity contribution is 0.0689. The van der Waals surface area contributed by atoms with Crippen molar-refractivity contribution >= 4 is 17.2 Å². The van der Waals surface area contributed by atoms with E-state index in [9.17, 15) is 4.79 Å². The van der Waals surface area contributed by atoms with Crippen molar-refractivity contribution in [1.82, 2.24) is 19.8 Å². The van der Waals surface area contributed by atoms with Crippen LogP contribution in [0.1, 0.15) is 35.5 Å². The van der Waals surface area contributed by atoms with Crippen LogP contribution in [0, 0.1) is 0 Å². The van der Waals surface area contributed by atoms with Crippen molar-refractivity contribution in [3.63, 3.8) is 0 Å². The smallest absolute Gasteiger partial charge is 0.271 e. The van der Waals surface area contributed by atoms with Crippen LogP contribution in [0.25, 0.3) is 32.8 Å². The van der Waals surface area contributed by atoms with Gasteiger partial charge in [0.25, 0.3) is 5.91 Å². The van der Waals surface area contributed by atoms with Crippen LogP contribution < -0.4 is 10.1 Å². The molecule has 2 aliphatic rings. The summed E-state index contributed by atoms with van der Waals surface area (Å²) < 4.78 is 8.11. The number of rotatable bonds is 4. The van der Waals surface area contributed by atoms with Crippen LogP contribution in [0.15, 0.2) is 54.2 Å². The summed E-state index contributed by atoms with van der Waals surface area (Å²) in [4.78, 5) is 21.6. The van der Waals surface area contributed by atoms with Crippen LogP contribution in [-0.2, 0) is 19.5 Å². The summed E-state index contributed by atoms with van der Waals surface area (Å²) >= 11 is 1.73. The lowest BCUT2D eigenvalue weighted by Gasteiger charge is -2.30. The van der Waals surface area contributed by atoms with Gasteiger partial charge in [0.2, 0.25) is 0 Å². The highest BCUT2D eigenvalue weighted by Crippen LogP contribution is 2.47. The van der Waals surface area contributed by atoms with Gasteiger partial charge < -0.3 is 19.5 Å². The molecule has 0 unspecified atom stereocenters. The minimum atomic E-state index is 0.134. The van der Waals surface area contributed by atoms with Crippen molar-refractivity contribution in [2.75, 3.05) is 20.2 Å². The van der Waals surface area contributed by atoms with Crippen LogP contribution in [0.3, 0.4) is 0 Å². The molecule has 6 rings (SSSR count). The van der Waals surface area contributed by atoms with Crippen molar-refractivity contribution in [1.29, 1.82) is 0 Å².